The smallest absolute Gasteiger partial charge is 0.263 e. The number of piperazine rings is 1. The summed E-state index contributed by atoms with van der Waals surface area (Å²) in [5, 5.41) is 12.2. The summed E-state index contributed by atoms with van der Waals surface area (Å²) in [4.78, 5) is 20.0. The van der Waals surface area contributed by atoms with Crippen molar-refractivity contribution >= 4 is 38.1 Å². The Morgan fingerprint density at radius 3 is 2.39 bits per heavy atom. The molecular weight excluding hydrogens is 474 g/mol. The van der Waals surface area contributed by atoms with Crippen LogP contribution in [0.5, 0.6) is 0 Å². The van der Waals surface area contributed by atoms with Crippen LogP contribution in [0, 0.1) is 11.6 Å². The molecule has 2 aromatic carbocycles. The molecule has 1 fully saturated rings. The number of nitrogens with one attached hydrogen (secondary N) is 1. The topological polar surface area (TPSA) is 103 Å². The zero-order chi connectivity index (χ0) is 23.6. The summed E-state index contributed by atoms with van der Waals surface area (Å²) >= 11 is 1.18. The standard InChI is InChI=1S/C21H20F2N4O4S2.2H2/c22-17-6-1-14(13-18(17)23)19(28)20(29)27-10-8-26(9-11-27)15-2-4-16(5-3-15)33(30,31)25-21-24-7-12-32-21;;/h1-7,12-13,19,28H,8-11H2,(H,24,25);2*1H. The van der Waals surface area contributed by atoms with E-state index in [0.717, 1.165) is 17.8 Å². The molecule has 8 nitrogen and oxygen atoms in total. The lowest BCUT2D eigenvalue weighted by atomic mass is 10.1. The van der Waals surface area contributed by atoms with E-state index in [9.17, 15) is 27.1 Å². The molecule has 4 rings (SSSR count). The van der Waals surface area contributed by atoms with Gasteiger partial charge < -0.3 is 14.9 Å². The first kappa shape index (κ1) is 23.1. The van der Waals surface area contributed by atoms with Gasteiger partial charge in [0.15, 0.2) is 22.9 Å². The van der Waals surface area contributed by atoms with Crippen LogP contribution in [0.25, 0.3) is 0 Å². The Bertz CT molecular complexity index is 1240. The molecule has 0 saturated carbocycles. The second kappa shape index (κ2) is 9.41. The fraction of sp³-hybridized carbons (Fsp3) is 0.238. The van der Waals surface area contributed by atoms with Crippen molar-refractivity contribution in [3.8, 4) is 0 Å². The van der Waals surface area contributed by atoms with E-state index in [1.54, 1.807) is 17.5 Å². The highest BCUT2D eigenvalue weighted by Crippen LogP contribution is 2.24. The van der Waals surface area contributed by atoms with Gasteiger partial charge in [0.05, 0.1) is 4.90 Å². The average molecular weight is 499 g/mol. The first-order valence-electron chi connectivity index (χ1n) is 9.94. The molecule has 1 saturated heterocycles. The van der Waals surface area contributed by atoms with E-state index in [4.69, 9.17) is 0 Å². The van der Waals surface area contributed by atoms with E-state index in [-0.39, 0.29) is 18.4 Å². The maximum Gasteiger partial charge on any atom is 0.263 e. The number of sulfonamides is 1. The van der Waals surface area contributed by atoms with Gasteiger partial charge in [-0.15, -0.1) is 11.3 Å². The van der Waals surface area contributed by atoms with E-state index in [1.807, 2.05) is 4.90 Å². The Hall–Kier alpha value is -3.09. The average Bonchev–Trinajstić information content (AvgIpc) is 3.32. The number of anilines is 2. The van der Waals surface area contributed by atoms with E-state index in [0.29, 0.717) is 26.2 Å². The van der Waals surface area contributed by atoms with Gasteiger partial charge in [-0.1, -0.05) is 6.07 Å². The number of aromatic nitrogens is 1. The van der Waals surface area contributed by atoms with Crippen LogP contribution in [-0.2, 0) is 14.8 Å². The number of aliphatic hydroxyl groups is 1. The number of carbonyl (C=O) groups excluding carboxylic acids is 1. The number of hydrogen-bond donors (Lipinski definition) is 2. The number of carbonyl (C=O) groups is 1. The summed E-state index contributed by atoms with van der Waals surface area (Å²) in [5.41, 5.74) is 0.779. The number of thiazole rings is 1. The Morgan fingerprint density at radius 1 is 1.09 bits per heavy atom. The molecule has 1 atom stereocenters. The number of rotatable bonds is 6. The van der Waals surface area contributed by atoms with E-state index >= 15 is 0 Å². The van der Waals surface area contributed by atoms with E-state index in [2.05, 4.69) is 9.71 Å². The molecule has 2 heterocycles. The van der Waals surface area contributed by atoms with Crippen LogP contribution in [0.1, 0.15) is 14.5 Å². The minimum atomic E-state index is -3.74. The molecule has 1 aromatic heterocycles. The van der Waals surface area contributed by atoms with Gasteiger partial charge in [0, 0.05) is 46.3 Å². The molecule has 1 unspecified atom stereocenters. The van der Waals surface area contributed by atoms with Crippen LogP contribution in [0.3, 0.4) is 0 Å². The molecular formula is C21H24F2N4O4S2. The normalized spacial score (nSPS) is 15.4. The molecule has 12 heteroatoms. The molecule has 1 aliphatic heterocycles. The van der Waals surface area contributed by atoms with Gasteiger partial charge >= 0.3 is 0 Å². The van der Waals surface area contributed by atoms with Crippen molar-refractivity contribution in [3.05, 3.63) is 71.2 Å². The minimum absolute atomic E-state index is 0. The Balaban J connectivity index is 0.00000216. The summed E-state index contributed by atoms with van der Waals surface area (Å²) in [6, 6.07) is 9.22. The minimum Gasteiger partial charge on any atom is -0.378 e. The SMILES string of the molecule is O=C(C(O)c1ccc(F)c(F)c1)N1CCN(c2ccc(S(=O)(=O)Nc3nccs3)cc2)CC1.[HH].[HH]. The van der Waals surface area contributed by atoms with Gasteiger partial charge in [0.2, 0.25) is 0 Å². The van der Waals surface area contributed by atoms with Crippen LogP contribution in [0.15, 0.2) is 58.9 Å². The van der Waals surface area contributed by atoms with Crippen molar-refractivity contribution < 1.29 is 30.0 Å². The molecule has 33 heavy (non-hydrogen) atoms. The van der Waals surface area contributed by atoms with Crippen molar-refractivity contribution in [1.29, 1.82) is 0 Å². The van der Waals surface area contributed by atoms with Gasteiger partial charge in [-0.3, -0.25) is 9.52 Å². The molecule has 2 N–H and O–H groups in total. The monoisotopic (exact) mass is 498 g/mol. The largest absolute Gasteiger partial charge is 0.378 e. The number of benzene rings is 2. The number of halogens is 2. The van der Waals surface area contributed by atoms with Crippen LogP contribution < -0.4 is 9.62 Å². The number of nitrogens with zero attached hydrogens (tertiary/aromatic N) is 3. The predicted octanol–water partition coefficient (Wildman–Crippen LogP) is 3.10. The molecule has 1 amide bonds. The van der Waals surface area contributed by atoms with Crippen LogP contribution >= 0.6 is 11.3 Å². The number of aliphatic hydroxyl groups excluding tert-OH is 1. The molecule has 0 radical (unpaired) electrons. The fourth-order valence-electron chi connectivity index (χ4n) is 3.47. The summed E-state index contributed by atoms with van der Waals surface area (Å²) in [5.74, 6) is -2.77. The highest BCUT2D eigenvalue weighted by Gasteiger charge is 2.28. The fourth-order valence-corrected chi connectivity index (χ4v) is 5.26. The predicted molar refractivity (Wildman–Crippen MR) is 124 cm³/mol. The third-order valence-electron chi connectivity index (χ3n) is 5.25. The zero-order valence-corrected chi connectivity index (χ0v) is 18.8. The molecule has 1 aliphatic rings. The van der Waals surface area contributed by atoms with Crippen LogP contribution in [0.4, 0.5) is 19.6 Å². The van der Waals surface area contributed by atoms with Gasteiger partial charge in [0.25, 0.3) is 15.9 Å². The Morgan fingerprint density at radius 2 is 1.79 bits per heavy atom. The molecule has 0 spiro atoms. The van der Waals surface area contributed by atoms with Crippen LogP contribution in [-0.4, -0.2) is 55.5 Å². The molecule has 0 aliphatic carbocycles. The summed E-state index contributed by atoms with van der Waals surface area (Å²) < 4.78 is 53.8. The first-order chi connectivity index (χ1) is 15.7. The Labute approximate surface area is 196 Å². The van der Waals surface area contributed by atoms with Gasteiger partial charge in [-0.05, 0) is 42.0 Å². The van der Waals surface area contributed by atoms with Crippen molar-refractivity contribution in [1.82, 2.24) is 9.88 Å². The van der Waals surface area contributed by atoms with Crippen molar-refractivity contribution in [3.63, 3.8) is 0 Å². The lowest BCUT2D eigenvalue weighted by Gasteiger charge is -2.37. The maximum absolute atomic E-state index is 13.4. The Kier molecular flexibility index (Phi) is 6.58. The highest BCUT2D eigenvalue weighted by molar-refractivity contribution is 7.93. The second-order valence-corrected chi connectivity index (χ2v) is 9.90. The van der Waals surface area contributed by atoms with Crippen molar-refractivity contribution in [2.24, 2.45) is 0 Å². The van der Waals surface area contributed by atoms with Crippen molar-refractivity contribution in [2.75, 3.05) is 35.8 Å². The third kappa shape index (κ3) is 5.13. The lowest BCUT2D eigenvalue weighted by molar-refractivity contribution is -0.140. The molecule has 178 valence electrons. The van der Waals surface area contributed by atoms with Gasteiger partial charge in [0.1, 0.15) is 0 Å². The summed E-state index contributed by atoms with van der Waals surface area (Å²) in [6.07, 6.45) is -0.0751. The maximum atomic E-state index is 13.4. The highest BCUT2D eigenvalue weighted by atomic mass is 32.2. The first-order valence-corrected chi connectivity index (χ1v) is 12.3. The molecule has 0 bridgehead atoms. The van der Waals surface area contributed by atoms with Gasteiger partial charge in [-0.2, -0.15) is 0 Å². The van der Waals surface area contributed by atoms with Crippen LogP contribution in [0.2, 0.25) is 0 Å². The summed E-state index contributed by atoms with van der Waals surface area (Å²) in [7, 11) is -3.74. The quantitative estimate of drug-likeness (QED) is 0.542. The zero-order valence-electron chi connectivity index (χ0n) is 17.2. The number of hydrogen-bond acceptors (Lipinski definition) is 7. The van der Waals surface area contributed by atoms with E-state index < -0.39 is 33.7 Å². The van der Waals surface area contributed by atoms with Gasteiger partial charge in [-0.25, -0.2) is 22.2 Å². The third-order valence-corrected chi connectivity index (χ3v) is 7.42. The van der Waals surface area contributed by atoms with E-state index in [1.165, 1.54) is 40.6 Å². The van der Waals surface area contributed by atoms with Crippen molar-refractivity contribution in [2.45, 2.75) is 11.0 Å². The molecule has 3 aromatic rings. The number of amides is 1. The summed E-state index contributed by atoms with van der Waals surface area (Å²) in [6.45, 7) is 1.54. The second-order valence-electron chi connectivity index (χ2n) is 7.33. The lowest BCUT2D eigenvalue weighted by Crippen LogP contribution is -2.50.